The first-order valence-corrected chi connectivity index (χ1v) is 3.17. The Morgan fingerprint density at radius 1 is 0.933 bits per heavy atom. The van der Waals surface area contributed by atoms with E-state index in [2.05, 4.69) is 0 Å². The van der Waals surface area contributed by atoms with Crippen molar-refractivity contribution in [2.24, 2.45) is 0 Å². The van der Waals surface area contributed by atoms with Gasteiger partial charge in [-0.25, -0.2) is 4.79 Å². The predicted octanol–water partition coefficient (Wildman–Crippen LogP) is -1.63. The third kappa shape index (κ3) is 7.95. The van der Waals surface area contributed by atoms with E-state index in [0.29, 0.717) is 0 Å². The molecule has 0 saturated carbocycles. The number of aliphatic hydroxyl groups is 1. The zero-order chi connectivity index (χ0) is 10.6. The van der Waals surface area contributed by atoms with Crippen molar-refractivity contribution >= 4 is 47.5 Å². The Bertz CT molecular complexity index is 238. The van der Waals surface area contributed by atoms with E-state index in [-0.39, 0.29) is 51.3 Å². The average Bonchev–Trinajstić information content (AvgIpc) is 1.82. The summed E-state index contributed by atoms with van der Waals surface area (Å²) in [7, 11) is 0. The SMILES string of the molecule is O=C(O)CC(O)(CC(=O)O)C(=O)O.[Na].[Ti]. The molecule has 0 spiro atoms. The minimum Gasteiger partial charge on any atom is -0.481 e. The molecule has 79 valence electrons. The van der Waals surface area contributed by atoms with Gasteiger partial charge in [-0.2, -0.15) is 0 Å². The first kappa shape index (κ1) is 20.5. The second kappa shape index (κ2) is 8.26. The van der Waals surface area contributed by atoms with Gasteiger partial charge in [-0.05, 0) is 0 Å². The maximum atomic E-state index is 10.3. The van der Waals surface area contributed by atoms with Gasteiger partial charge in [0.25, 0.3) is 0 Å². The molecule has 0 aromatic heterocycles. The van der Waals surface area contributed by atoms with Crippen molar-refractivity contribution in [3.63, 3.8) is 0 Å². The molecule has 15 heavy (non-hydrogen) atoms. The standard InChI is InChI=1S/C6H8O7.Na.Ti/c7-3(8)1-6(13,5(11)12)2-4(9)10;;/h13H,1-2H2,(H,7,8)(H,9,10)(H,11,12);;. The van der Waals surface area contributed by atoms with Gasteiger partial charge in [0.1, 0.15) is 0 Å². The molecule has 0 saturated heterocycles. The molecule has 0 aromatic carbocycles. The molecule has 0 heterocycles. The van der Waals surface area contributed by atoms with E-state index in [4.69, 9.17) is 20.4 Å². The van der Waals surface area contributed by atoms with Crippen LogP contribution in [-0.4, -0.2) is 73.5 Å². The van der Waals surface area contributed by atoms with E-state index < -0.39 is 36.4 Å². The van der Waals surface area contributed by atoms with Crippen LogP contribution in [0, 0.1) is 0 Å². The van der Waals surface area contributed by atoms with E-state index in [1.807, 2.05) is 0 Å². The maximum Gasteiger partial charge on any atom is 0.336 e. The van der Waals surface area contributed by atoms with Gasteiger partial charge in [0.15, 0.2) is 5.60 Å². The first-order chi connectivity index (χ1) is 5.78. The van der Waals surface area contributed by atoms with Gasteiger partial charge in [-0.15, -0.1) is 0 Å². The van der Waals surface area contributed by atoms with E-state index in [0.717, 1.165) is 0 Å². The second-order valence-electron chi connectivity index (χ2n) is 2.48. The van der Waals surface area contributed by atoms with Crippen LogP contribution >= 0.6 is 0 Å². The quantitative estimate of drug-likeness (QED) is 0.437. The first-order valence-electron chi connectivity index (χ1n) is 3.17. The molecule has 0 unspecified atom stereocenters. The number of hydrogen-bond donors (Lipinski definition) is 4. The summed E-state index contributed by atoms with van der Waals surface area (Å²) in [5, 5.41) is 33.8. The van der Waals surface area contributed by atoms with Crippen LogP contribution in [0.1, 0.15) is 12.8 Å². The second-order valence-corrected chi connectivity index (χ2v) is 2.48. The number of hydrogen-bond acceptors (Lipinski definition) is 4. The van der Waals surface area contributed by atoms with Crippen LogP contribution in [0.5, 0.6) is 0 Å². The number of carbonyl (C=O) groups is 3. The molecule has 7 nitrogen and oxygen atoms in total. The van der Waals surface area contributed by atoms with Crippen molar-refractivity contribution in [3.05, 3.63) is 0 Å². The van der Waals surface area contributed by atoms with Crippen LogP contribution in [0.25, 0.3) is 0 Å². The number of carboxylic acid groups (broad SMARTS) is 3. The third-order valence-corrected chi connectivity index (χ3v) is 1.29. The van der Waals surface area contributed by atoms with Crippen LogP contribution < -0.4 is 0 Å². The summed E-state index contributed by atoms with van der Waals surface area (Å²) in [5.41, 5.74) is -2.74. The Morgan fingerprint density at radius 2 is 1.20 bits per heavy atom. The number of aliphatic carboxylic acids is 3. The molecule has 0 aliphatic rings. The number of rotatable bonds is 5. The molecule has 4 N–H and O–H groups in total. The molecule has 1 radical (unpaired) electrons. The van der Waals surface area contributed by atoms with Crippen LogP contribution in [0.15, 0.2) is 0 Å². The van der Waals surface area contributed by atoms with Crippen molar-refractivity contribution in [2.75, 3.05) is 0 Å². The zero-order valence-electron chi connectivity index (χ0n) is 7.93. The van der Waals surface area contributed by atoms with Crippen molar-refractivity contribution < 1.29 is 56.5 Å². The molecule has 0 atom stereocenters. The summed E-state index contributed by atoms with van der Waals surface area (Å²) in [4.78, 5) is 30.5. The fourth-order valence-electron chi connectivity index (χ4n) is 0.714. The Morgan fingerprint density at radius 3 is 1.33 bits per heavy atom. The topological polar surface area (TPSA) is 132 Å². The van der Waals surface area contributed by atoms with Crippen LogP contribution in [-0.2, 0) is 36.1 Å². The summed E-state index contributed by atoms with van der Waals surface area (Å²) in [6, 6.07) is 0. The van der Waals surface area contributed by atoms with E-state index in [1.54, 1.807) is 0 Å². The average molecular weight is 263 g/mol. The smallest absolute Gasteiger partial charge is 0.336 e. The number of carboxylic acids is 3. The van der Waals surface area contributed by atoms with Crippen molar-refractivity contribution in [2.45, 2.75) is 18.4 Å². The molecular formula is C6H8NaO7Ti. The summed E-state index contributed by atoms with van der Waals surface area (Å²) < 4.78 is 0. The minimum atomic E-state index is -2.74. The van der Waals surface area contributed by atoms with Gasteiger partial charge in [0.05, 0.1) is 12.8 Å². The Kier molecular flexibility index (Phi) is 11.3. The molecule has 0 amide bonds. The van der Waals surface area contributed by atoms with E-state index >= 15 is 0 Å². The molecule has 0 rings (SSSR count). The van der Waals surface area contributed by atoms with Gasteiger partial charge in [0.2, 0.25) is 0 Å². The van der Waals surface area contributed by atoms with E-state index in [9.17, 15) is 14.4 Å². The maximum absolute atomic E-state index is 10.3. The molecule has 0 aromatic rings. The summed E-state index contributed by atoms with van der Waals surface area (Å²) in [5.74, 6) is -5.02. The molecule has 0 bridgehead atoms. The Labute approximate surface area is 122 Å². The van der Waals surface area contributed by atoms with Gasteiger partial charge < -0.3 is 20.4 Å². The van der Waals surface area contributed by atoms with Gasteiger partial charge in [-0.3, -0.25) is 9.59 Å². The van der Waals surface area contributed by atoms with Crippen molar-refractivity contribution in [1.29, 1.82) is 0 Å². The predicted molar refractivity (Wildman–Crippen MR) is 42.8 cm³/mol. The normalized spacial score (nSPS) is 9.40. The Balaban J connectivity index is -0.000000720. The fraction of sp³-hybridized carbons (Fsp3) is 0.500. The molecule has 0 aliphatic carbocycles. The van der Waals surface area contributed by atoms with Crippen LogP contribution in [0.2, 0.25) is 0 Å². The van der Waals surface area contributed by atoms with Gasteiger partial charge in [0, 0.05) is 51.3 Å². The zero-order valence-corrected chi connectivity index (χ0v) is 11.5. The molecule has 9 heteroatoms. The van der Waals surface area contributed by atoms with Crippen LogP contribution in [0.3, 0.4) is 0 Å². The summed E-state index contributed by atoms with van der Waals surface area (Å²) in [6.45, 7) is 0. The summed E-state index contributed by atoms with van der Waals surface area (Å²) >= 11 is 0. The minimum absolute atomic E-state index is 0. The van der Waals surface area contributed by atoms with Crippen molar-refractivity contribution in [1.82, 2.24) is 0 Å². The molecule has 0 aliphatic heterocycles. The summed E-state index contributed by atoms with van der Waals surface area (Å²) in [6.07, 6.45) is -2.29. The van der Waals surface area contributed by atoms with E-state index in [1.165, 1.54) is 0 Å². The van der Waals surface area contributed by atoms with Crippen LogP contribution in [0.4, 0.5) is 0 Å². The van der Waals surface area contributed by atoms with Crippen molar-refractivity contribution in [3.8, 4) is 0 Å². The van der Waals surface area contributed by atoms with Gasteiger partial charge in [-0.1, -0.05) is 0 Å². The molecule has 0 fully saturated rings. The Hall–Kier alpha value is 0.0843. The molecular weight excluding hydrogens is 255 g/mol. The fourth-order valence-corrected chi connectivity index (χ4v) is 0.714. The largest absolute Gasteiger partial charge is 0.481 e. The monoisotopic (exact) mass is 263 g/mol. The van der Waals surface area contributed by atoms with Gasteiger partial charge >= 0.3 is 17.9 Å². The third-order valence-electron chi connectivity index (χ3n) is 1.29.